The van der Waals surface area contributed by atoms with Crippen molar-refractivity contribution in [1.29, 1.82) is 0 Å². The van der Waals surface area contributed by atoms with Gasteiger partial charge in [0.15, 0.2) is 8.77 Å². The number of aromatic nitrogens is 4. The fourth-order valence-electron chi connectivity index (χ4n) is 2.17. The smallest absolute Gasteiger partial charge is 0.256 e. The van der Waals surface area contributed by atoms with Crippen LogP contribution in [-0.2, 0) is 20.0 Å². The van der Waals surface area contributed by atoms with E-state index in [9.17, 15) is 13.6 Å². The zero-order chi connectivity index (χ0) is 18.0. The van der Waals surface area contributed by atoms with Crippen molar-refractivity contribution in [3.05, 3.63) is 58.9 Å². The summed E-state index contributed by atoms with van der Waals surface area (Å²) in [5.74, 6) is -0.550. The molecule has 0 bridgehead atoms. The second-order valence-electron chi connectivity index (χ2n) is 4.89. The van der Waals surface area contributed by atoms with Crippen LogP contribution in [0.5, 0.6) is 0 Å². The average molecular weight is 393 g/mol. The number of H-pyrrole nitrogens is 1. The number of anilines is 1. The lowest BCUT2D eigenvalue weighted by atomic mass is 10.2. The summed E-state index contributed by atoms with van der Waals surface area (Å²) in [6, 6.07) is 12.7. The van der Waals surface area contributed by atoms with E-state index in [1.807, 2.05) is 0 Å². The fourth-order valence-corrected chi connectivity index (χ4v) is 3.48. The summed E-state index contributed by atoms with van der Waals surface area (Å²) in [6.45, 7) is 0. The Labute approximate surface area is 152 Å². The van der Waals surface area contributed by atoms with Gasteiger partial charge in [0.05, 0.1) is 16.1 Å². The molecular formula is C14H11N5O3S3. The summed E-state index contributed by atoms with van der Waals surface area (Å²) in [4.78, 5) is 12.4. The van der Waals surface area contributed by atoms with Gasteiger partial charge in [0.25, 0.3) is 5.91 Å². The summed E-state index contributed by atoms with van der Waals surface area (Å²) < 4.78 is 23.1. The van der Waals surface area contributed by atoms with Crippen molar-refractivity contribution in [2.75, 3.05) is 5.32 Å². The minimum Gasteiger partial charge on any atom is -0.322 e. The van der Waals surface area contributed by atoms with E-state index in [2.05, 4.69) is 32.0 Å². The van der Waals surface area contributed by atoms with Gasteiger partial charge in [-0.3, -0.25) is 4.79 Å². The van der Waals surface area contributed by atoms with Crippen LogP contribution >= 0.6 is 12.2 Å². The lowest BCUT2D eigenvalue weighted by Crippen LogP contribution is -2.16. The van der Waals surface area contributed by atoms with Crippen molar-refractivity contribution >= 4 is 43.8 Å². The summed E-state index contributed by atoms with van der Waals surface area (Å²) in [6.07, 6.45) is 0. The molecule has 0 radical (unpaired) electrons. The van der Waals surface area contributed by atoms with Crippen molar-refractivity contribution in [3.8, 4) is 5.69 Å². The lowest BCUT2D eigenvalue weighted by molar-refractivity contribution is 0.102. The number of hydrogen-bond acceptors (Lipinski definition) is 6. The molecule has 8 nitrogen and oxygen atoms in total. The molecule has 3 N–H and O–H groups in total. The number of aromatic amines is 1. The molecule has 0 saturated heterocycles. The van der Waals surface area contributed by atoms with Crippen molar-refractivity contribution in [3.63, 3.8) is 0 Å². The Balaban J connectivity index is 1.93. The molecule has 3 rings (SSSR count). The van der Waals surface area contributed by atoms with E-state index in [0.29, 0.717) is 11.4 Å². The first-order valence-corrected chi connectivity index (χ1v) is 9.69. The number of amides is 1. The Kier molecular flexibility index (Phi) is 4.72. The van der Waals surface area contributed by atoms with Gasteiger partial charge < -0.3 is 9.87 Å². The molecule has 0 aliphatic rings. The van der Waals surface area contributed by atoms with Crippen molar-refractivity contribution in [1.82, 2.24) is 20.2 Å². The molecule has 128 valence electrons. The van der Waals surface area contributed by atoms with Gasteiger partial charge in [-0.25, -0.2) is 8.89 Å². The van der Waals surface area contributed by atoms with Crippen molar-refractivity contribution < 1.29 is 13.6 Å². The summed E-state index contributed by atoms with van der Waals surface area (Å²) in [5, 5.41) is 12.6. The Hall–Kier alpha value is -2.47. The van der Waals surface area contributed by atoms with E-state index < -0.39 is 14.7 Å². The van der Waals surface area contributed by atoms with E-state index in [-0.39, 0.29) is 15.2 Å². The first kappa shape index (κ1) is 17.4. The minimum absolute atomic E-state index is 0.0372. The van der Waals surface area contributed by atoms with Gasteiger partial charge in [0, 0.05) is 16.9 Å². The quantitative estimate of drug-likeness (QED) is 0.582. The standard InChI is InChI=1S/C14H11N5O3S3/c20-13(11-6-1-2-7-12(11)25(21,22)24)15-9-4-3-5-10(8-9)19-14(23)16-17-18-19/h1-8H,(H,15,20)(H,16,18,23)(H,21,22,24). The highest BCUT2D eigenvalue weighted by molar-refractivity contribution is 8.29. The van der Waals surface area contributed by atoms with Crippen LogP contribution in [0.25, 0.3) is 5.69 Å². The molecule has 11 heteroatoms. The molecule has 1 unspecified atom stereocenters. The molecule has 3 aromatic rings. The zero-order valence-corrected chi connectivity index (χ0v) is 14.9. The Morgan fingerprint density at radius 1 is 1.24 bits per heavy atom. The van der Waals surface area contributed by atoms with Crippen LogP contribution in [0.4, 0.5) is 5.69 Å². The van der Waals surface area contributed by atoms with Gasteiger partial charge in [0.2, 0.25) is 4.77 Å². The molecule has 1 aromatic heterocycles. The molecular weight excluding hydrogens is 382 g/mol. The van der Waals surface area contributed by atoms with E-state index >= 15 is 0 Å². The molecule has 1 amide bonds. The minimum atomic E-state index is -3.69. The summed E-state index contributed by atoms with van der Waals surface area (Å²) in [7, 11) is -3.69. The molecule has 0 saturated carbocycles. The Morgan fingerprint density at radius 2 is 2.00 bits per heavy atom. The highest BCUT2D eigenvalue weighted by atomic mass is 32.8. The molecule has 0 aliphatic carbocycles. The number of carbonyl (C=O) groups is 1. The van der Waals surface area contributed by atoms with E-state index in [1.54, 1.807) is 36.4 Å². The molecule has 25 heavy (non-hydrogen) atoms. The van der Waals surface area contributed by atoms with Gasteiger partial charge >= 0.3 is 0 Å². The fraction of sp³-hybridized carbons (Fsp3) is 0. The summed E-state index contributed by atoms with van der Waals surface area (Å²) >= 11 is 9.61. The highest BCUT2D eigenvalue weighted by Gasteiger charge is 2.17. The second kappa shape index (κ2) is 6.80. The van der Waals surface area contributed by atoms with Crippen LogP contribution in [0.1, 0.15) is 10.4 Å². The number of nitrogens with one attached hydrogen (secondary N) is 2. The topological polar surface area (TPSA) is 113 Å². The first-order valence-electron chi connectivity index (χ1n) is 6.85. The third-order valence-corrected chi connectivity index (χ3v) is 4.96. The van der Waals surface area contributed by atoms with Gasteiger partial charge in [-0.1, -0.05) is 28.5 Å². The number of tetrazole rings is 1. The number of hydrogen-bond donors (Lipinski definition) is 3. The second-order valence-corrected chi connectivity index (χ2v) is 8.00. The number of carbonyl (C=O) groups excluding carboxylic acids is 1. The van der Waals surface area contributed by atoms with E-state index in [1.165, 1.54) is 16.8 Å². The van der Waals surface area contributed by atoms with Crippen LogP contribution in [0, 0.1) is 4.77 Å². The maximum atomic E-state index is 12.5. The van der Waals surface area contributed by atoms with Crippen LogP contribution < -0.4 is 5.32 Å². The maximum absolute atomic E-state index is 12.5. The van der Waals surface area contributed by atoms with Crippen molar-refractivity contribution in [2.45, 2.75) is 4.90 Å². The molecule has 2 aromatic carbocycles. The van der Waals surface area contributed by atoms with Gasteiger partial charge in [0.1, 0.15) is 0 Å². The monoisotopic (exact) mass is 393 g/mol. The summed E-state index contributed by atoms with van der Waals surface area (Å²) in [5.41, 5.74) is 1.12. The highest BCUT2D eigenvalue weighted by Crippen LogP contribution is 2.19. The zero-order valence-electron chi connectivity index (χ0n) is 12.4. The average Bonchev–Trinajstić information content (AvgIpc) is 3.00. The van der Waals surface area contributed by atoms with Crippen LogP contribution in [0.15, 0.2) is 53.4 Å². The molecule has 0 fully saturated rings. The van der Waals surface area contributed by atoms with Crippen LogP contribution in [-0.4, -0.2) is 34.9 Å². The largest absolute Gasteiger partial charge is 0.322 e. The van der Waals surface area contributed by atoms with Gasteiger partial charge in [-0.2, -0.15) is 5.21 Å². The van der Waals surface area contributed by atoms with Crippen LogP contribution in [0.3, 0.4) is 0 Å². The number of benzene rings is 2. The van der Waals surface area contributed by atoms with Gasteiger partial charge in [-0.15, -0.1) is 0 Å². The van der Waals surface area contributed by atoms with Crippen molar-refractivity contribution in [2.24, 2.45) is 0 Å². The molecule has 0 spiro atoms. The van der Waals surface area contributed by atoms with E-state index in [4.69, 9.17) is 12.2 Å². The van der Waals surface area contributed by atoms with Crippen LogP contribution in [0.2, 0.25) is 0 Å². The normalized spacial score (nSPS) is 13.2. The third kappa shape index (κ3) is 3.79. The lowest BCUT2D eigenvalue weighted by Gasteiger charge is -2.10. The molecule has 0 aliphatic heterocycles. The first-order chi connectivity index (χ1) is 11.9. The number of rotatable bonds is 4. The SMILES string of the molecule is O=C(Nc1cccc(-n2[nH]nnc2=S)c1)c1ccccc1S(=O)(O)=S. The maximum Gasteiger partial charge on any atom is 0.256 e. The predicted octanol–water partition coefficient (Wildman–Crippen LogP) is 2.16. The van der Waals surface area contributed by atoms with Gasteiger partial charge in [-0.05, 0) is 42.5 Å². The Bertz CT molecular complexity index is 1100. The Morgan fingerprint density at radius 3 is 2.68 bits per heavy atom. The molecule has 1 atom stereocenters. The van der Waals surface area contributed by atoms with E-state index in [0.717, 1.165) is 0 Å². The third-order valence-electron chi connectivity index (χ3n) is 3.24. The molecule has 1 heterocycles. The number of nitrogens with zero attached hydrogens (tertiary/aromatic N) is 3. The predicted molar refractivity (Wildman–Crippen MR) is 97.3 cm³/mol.